The number of H-pyrrole nitrogens is 1. The molecule has 0 bridgehead atoms. The smallest absolute Gasteiger partial charge is 0.273 e. The highest BCUT2D eigenvalue weighted by Crippen LogP contribution is 2.21. The molecule has 0 spiro atoms. The molecule has 152 valence electrons. The molecular formula is C22H20ClN5O2. The maximum Gasteiger partial charge on any atom is 0.273 e. The minimum absolute atomic E-state index is 0.241. The first-order valence-corrected chi connectivity index (χ1v) is 9.71. The van der Waals surface area contributed by atoms with Crippen LogP contribution in [0, 0.1) is 13.8 Å². The summed E-state index contributed by atoms with van der Waals surface area (Å²) in [5.74, 6) is 0.492. The first-order valence-electron chi connectivity index (χ1n) is 9.33. The van der Waals surface area contributed by atoms with Gasteiger partial charge in [-0.25, -0.2) is 4.68 Å². The Morgan fingerprint density at radius 3 is 2.73 bits per heavy atom. The van der Waals surface area contributed by atoms with Gasteiger partial charge in [0.2, 0.25) is 0 Å². The molecule has 0 saturated heterocycles. The number of aromatic amines is 1. The molecule has 0 radical (unpaired) electrons. The van der Waals surface area contributed by atoms with E-state index in [4.69, 9.17) is 16.3 Å². The highest BCUT2D eigenvalue weighted by Gasteiger charge is 2.12. The average Bonchev–Trinajstić information content (AvgIpc) is 3.38. The lowest BCUT2D eigenvalue weighted by atomic mass is 10.1. The molecule has 4 aromatic rings. The largest absolute Gasteiger partial charge is 0.471 e. The summed E-state index contributed by atoms with van der Waals surface area (Å²) in [5.41, 5.74) is 4.68. The summed E-state index contributed by atoms with van der Waals surface area (Å²) in [4.78, 5) is 12.5. The predicted octanol–water partition coefficient (Wildman–Crippen LogP) is 4.83. The van der Waals surface area contributed by atoms with Crippen LogP contribution in [0.5, 0.6) is 5.75 Å². The fourth-order valence-corrected chi connectivity index (χ4v) is 3.13. The average molecular weight is 422 g/mol. The van der Waals surface area contributed by atoms with Crippen LogP contribution in [-0.2, 0) is 6.73 Å². The Morgan fingerprint density at radius 1 is 1.17 bits per heavy atom. The van der Waals surface area contributed by atoms with Crippen molar-refractivity contribution in [3.05, 3.63) is 82.8 Å². The van der Waals surface area contributed by atoms with Gasteiger partial charge in [-0.1, -0.05) is 41.4 Å². The van der Waals surface area contributed by atoms with Crippen molar-refractivity contribution >= 4 is 23.2 Å². The van der Waals surface area contributed by atoms with E-state index in [2.05, 4.69) is 26.7 Å². The zero-order chi connectivity index (χ0) is 21.1. The lowest BCUT2D eigenvalue weighted by Crippen LogP contribution is -2.12. The number of aryl methyl sites for hydroxylation is 2. The van der Waals surface area contributed by atoms with Crippen molar-refractivity contribution in [2.75, 3.05) is 5.32 Å². The number of halogens is 1. The molecule has 0 atom stereocenters. The maximum absolute atomic E-state index is 12.5. The second-order valence-corrected chi connectivity index (χ2v) is 7.38. The number of benzene rings is 2. The summed E-state index contributed by atoms with van der Waals surface area (Å²) in [7, 11) is 0. The van der Waals surface area contributed by atoms with E-state index >= 15 is 0 Å². The van der Waals surface area contributed by atoms with Gasteiger partial charge in [-0.05, 0) is 43.7 Å². The highest BCUT2D eigenvalue weighted by atomic mass is 35.5. The first kappa shape index (κ1) is 19.7. The molecule has 0 unspecified atom stereocenters. The van der Waals surface area contributed by atoms with Crippen LogP contribution in [0.15, 0.2) is 60.9 Å². The molecule has 0 aliphatic rings. The van der Waals surface area contributed by atoms with E-state index in [1.807, 2.05) is 38.1 Å². The summed E-state index contributed by atoms with van der Waals surface area (Å²) in [5, 5.41) is 14.6. The topological polar surface area (TPSA) is 84.8 Å². The third kappa shape index (κ3) is 4.52. The second-order valence-electron chi connectivity index (χ2n) is 6.94. The second kappa shape index (κ2) is 8.42. The fraction of sp³-hybridized carbons (Fsp3) is 0.136. The van der Waals surface area contributed by atoms with Crippen LogP contribution >= 0.6 is 11.6 Å². The van der Waals surface area contributed by atoms with Gasteiger partial charge in [0.1, 0.15) is 11.4 Å². The summed E-state index contributed by atoms with van der Waals surface area (Å²) in [6, 6.07) is 14.9. The minimum atomic E-state index is -0.308. The quantitative estimate of drug-likeness (QED) is 0.467. The van der Waals surface area contributed by atoms with Gasteiger partial charge in [0.15, 0.2) is 6.73 Å². The van der Waals surface area contributed by atoms with Crippen LogP contribution in [0.4, 0.5) is 5.69 Å². The molecule has 0 fully saturated rings. The lowest BCUT2D eigenvalue weighted by molar-refractivity contribution is 0.102. The van der Waals surface area contributed by atoms with Gasteiger partial charge in [0.25, 0.3) is 5.91 Å². The van der Waals surface area contributed by atoms with Crippen molar-refractivity contribution in [2.24, 2.45) is 0 Å². The molecule has 7 nitrogen and oxygen atoms in total. The zero-order valence-corrected chi connectivity index (χ0v) is 17.3. The van der Waals surface area contributed by atoms with Crippen molar-refractivity contribution in [3.8, 4) is 17.0 Å². The summed E-state index contributed by atoms with van der Waals surface area (Å²) >= 11 is 5.91. The molecule has 2 heterocycles. The van der Waals surface area contributed by atoms with Crippen LogP contribution in [0.1, 0.15) is 21.6 Å². The lowest BCUT2D eigenvalue weighted by Gasteiger charge is -2.09. The Balaban J connectivity index is 1.37. The van der Waals surface area contributed by atoms with E-state index in [1.165, 1.54) is 5.56 Å². The van der Waals surface area contributed by atoms with Crippen molar-refractivity contribution in [1.29, 1.82) is 0 Å². The van der Waals surface area contributed by atoms with Crippen molar-refractivity contribution in [1.82, 2.24) is 20.0 Å². The van der Waals surface area contributed by atoms with Gasteiger partial charge in [0, 0.05) is 10.6 Å². The zero-order valence-electron chi connectivity index (χ0n) is 16.5. The maximum atomic E-state index is 12.5. The number of ether oxygens (including phenoxy) is 1. The van der Waals surface area contributed by atoms with Gasteiger partial charge < -0.3 is 10.1 Å². The van der Waals surface area contributed by atoms with E-state index in [0.29, 0.717) is 22.1 Å². The molecule has 30 heavy (non-hydrogen) atoms. The molecule has 2 aromatic carbocycles. The first-order chi connectivity index (χ1) is 14.5. The molecule has 0 aliphatic heterocycles. The monoisotopic (exact) mass is 421 g/mol. The number of nitrogens with one attached hydrogen (secondary N) is 2. The Bertz CT molecular complexity index is 1180. The molecule has 4 rings (SSSR count). The van der Waals surface area contributed by atoms with Gasteiger partial charge in [0.05, 0.1) is 23.8 Å². The summed E-state index contributed by atoms with van der Waals surface area (Å²) in [6.45, 7) is 4.28. The van der Waals surface area contributed by atoms with Crippen LogP contribution in [0.3, 0.4) is 0 Å². The van der Waals surface area contributed by atoms with Crippen molar-refractivity contribution in [3.63, 3.8) is 0 Å². The number of hydrogen-bond acceptors (Lipinski definition) is 4. The number of carbonyl (C=O) groups excluding carboxylic acids is 1. The fourth-order valence-electron chi connectivity index (χ4n) is 3.00. The number of carbonyl (C=O) groups is 1. The number of rotatable bonds is 6. The molecule has 1 amide bonds. The number of hydrogen-bond donors (Lipinski definition) is 2. The molecular weight excluding hydrogens is 402 g/mol. The normalized spacial score (nSPS) is 10.8. The van der Waals surface area contributed by atoms with Crippen LogP contribution in [0.25, 0.3) is 11.3 Å². The van der Waals surface area contributed by atoms with E-state index in [0.717, 1.165) is 16.9 Å². The highest BCUT2D eigenvalue weighted by molar-refractivity contribution is 6.30. The van der Waals surface area contributed by atoms with Crippen molar-refractivity contribution in [2.45, 2.75) is 20.6 Å². The van der Waals surface area contributed by atoms with Gasteiger partial charge in [-0.2, -0.15) is 10.2 Å². The number of anilines is 1. The Hall–Kier alpha value is -3.58. The number of nitrogens with zero attached hydrogens (tertiary/aromatic N) is 3. The molecule has 0 aliphatic carbocycles. The number of aromatic nitrogens is 4. The van der Waals surface area contributed by atoms with E-state index in [9.17, 15) is 4.79 Å². The third-order valence-corrected chi connectivity index (χ3v) is 4.79. The van der Waals surface area contributed by atoms with Gasteiger partial charge in [-0.3, -0.25) is 9.89 Å². The Labute approximate surface area is 178 Å². The predicted molar refractivity (Wildman–Crippen MR) is 116 cm³/mol. The van der Waals surface area contributed by atoms with Gasteiger partial charge in [-0.15, -0.1) is 0 Å². The third-order valence-electron chi connectivity index (χ3n) is 4.54. The minimum Gasteiger partial charge on any atom is -0.471 e. The van der Waals surface area contributed by atoms with E-state index in [-0.39, 0.29) is 12.6 Å². The Kier molecular flexibility index (Phi) is 5.54. The molecule has 2 aromatic heterocycles. The molecule has 0 saturated carbocycles. The van der Waals surface area contributed by atoms with E-state index < -0.39 is 0 Å². The summed E-state index contributed by atoms with van der Waals surface area (Å²) < 4.78 is 7.42. The van der Waals surface area contributed by atoms with Crippen LogP contribution in [-0.4, -0.2) is 25.9 Å². The van der Waals surface area contributed by atoms with E-state index in [1.54, 1.807) is 35.3 Å². The molecule has 8 heteroatoms. The van der Waals surface area contributed by atoms with Crippen molar-refractivity contribution < 1.29 is 9.53 Å². The standard InChI is InChI=1S/C22H20ClN5O2/c1-14-3-8-21(15(2)9-14)30-13-28-12-18(11-24-28)25-22(29)20-10-19(26-27-20)16-4-6-17(23)7-5-16/h3-12H,13H2,1-2H3,(H,25,29)(H,26,27). The van der Waals surface area contributed by atoms with Crippen LogP contribution in [0.2, 0.25) is 5.02 Å². The van der Waals surface area contributed by atoms with Crippen LogP contribution < -0.4 is 10.1 Å². The van der Waals surface area contributed by atoms with Gasteiger partial charge >= 0.3 is 0 Å². The molecule has 2 N–H and O–H groups in total. The Morgan fingerprint density at radius 2 is 1.97 bits per heavy atom. The SMILES string of the molecule is Cc1ccc(OCn2cc(NC(=O)c3cc(-c4ccc(Cl)cc4)n[nH]3)cn2)c(C)c1. The number of amides is 1. The summed E-state index contributed by atoms with van der Waals surface area (Å²) in [6.07, 6.45) is 3.28.